The van der Waals surface area contributed by atoms with Gasteiger partial charge in [0.1, 0.15) is 17.2 Å². The molecule has 0 saturated heterocycles. The predicted octanol–water partition coefficient (Wildman–Crippen LogP) is 1.89. The molecule has 2 heterocycles. The fraction of sp³-hybridized carbons (Fsp3) is 0.417. The van der Waals surface area contributed by atoms with Crippen molar-refractivity contribution in [3.05, 3.63) is 30.0 Å². The molecular weight excluding hydrogens is 269 g/mol. The van der Waals surface area contributed by atoms with Crippen molar-refractivity contribution in [1.29, 1.82) is 0 Å². The summed E-state index contributed by atoms with van der Waals surface area (Å²) in [6.45, 7) is 5.65. The van der Waals surface area contributed by atoms with E-state index >= 15 is 0 Å². The number of nitrogens with one attached hydrogen (secondary N) is 1. The van der Waals surface area contributed by atoms with Crippen LogP contribution in [0.5, 0.6) is 0 Å². The second-order valence-corrected chi connectivity index (χ2v) is 6.19. The normalized spacial score (nSPS) is 12.5. The van der Waals surface area contributed by atoms with Crippen LogP contribution >= 0.6 is 0 Å². The van der Waals surface area contributed by atoms with Gasteiger partial charge in [-0.25, -0.2) is 22.5 Å². The van der Waals surface area contributed by atoms with Gasteiger partial charge in [-0.15, -0.1) is 0 Å². The lowest BCUT2D eigenvalue weighted by molar-refractivity contribution is 0.579. The Balaban J connectivity index is 2.82. The lowest BCUT2D eigenvalue weighted by Gasteiger charge is -2.03. The van der Waals surface area contributed by atoms with Gasteiger partial charge >= 0.3 is 0 Å². The van der Waals surface area contributed by atoms with E-state index in [9.17, 15) is 12.8 Å². The lowest BCUT2D eigenvalue weighted by atomic mass is 10.2. The summed E-state index contributed by atoms with van der Waals surface area (Å²) in [5.74, 6) is -0.0933. The minimum atomic E-state index is -3.79. The molecule has 7 heteroatoms. The Labute approximate surface area is 111 Å². The van der Waals surface area contributed by atoms with Gasteiger partial charge in [0.15, 0.2) is 5.03 Å². The van der Waals surface area contributed by atoms with Crippen LogP contribution in [0.3, 0.4) is 0 Å². The summed E-state index contributed by atoms with van der Waals surface area (Å²) < 4.78 is 41.9. The van der Waals surface area contributed by atoms with Crippen LogP contribution in [0.25, 0.3) is 5.52 Å². The van der Waals surface area contributed by atoms with E-state index in [0.717, 1.165) is 0 Å². The van der Waals surface area contributed by atoms with E-state index in [1.165, 1.54) is 16.5 Å². The molecular formula is C12H16FN3O2S. The molecule has 2 aromatic heterocycles. The van der Waals surface area contributed by atoms with E-state index in [0.29, 0.717) is 5.82 Å². The maximum absolute atomic E-state index is 13.9. The van der Waals surface area contributed by atoms with Crippen LogP contribution in [0.2, 0.25) is 0 Å². The Morgan fingerprint density at radius 2 is 2.16 bits per heavy atom. The van der Waals surface area contributed by atoms with E-state index in [1.807, 2.05) is 13.8 Å². The molecule has 2 rings (SSSR count). The highest BCUT2D eigenvalue weighted by Gasteiger charge is 2.25. The fourth-order valence-corrected chi connectivity index (χ4v) is 3.12. The third-order valence-corrected chi connectivity index (χ3v) is 4.18. The number of pyridine rings is 1. The molecule has 0 spiro atoms. The summed E-state index contributed by atoms with van der Waals surface area (Å²) in [5.41, 5.74) is -0.00727. The monoisotopic (exact) mass is 285 g/mol. The Bertz CT molecular complexity index is 707. The summed E-state index contributed by atoms with van der Waals surface area (Å²) in [6.07, 6.45) is 1.62. The van der Waals surface area contributed by atoms with E-state index in [2.05, 4.69) is 9.71 Å². The van der Waals surface area contributed by atoms with E-state index in [4.69, 9.17) is 0 Å². The van der Waals surface area contributed by atoms with Gasteiger partial charge in [-0.2, -0.15) is 0 Å². The quantitative estimate of drug-likeness (QED) is 0.933. The van der Waals surface area contributed by atoms with Crippen molar-refractivity contribution in [2.75, 3.05) is 6.54 Å². The predicted molar refractivity (Wildman–Crippen MR) is 70.1 cm³/mol. The molecule has 2 aromatic rings. The zero-order valence-electron chi connectivity index (χ0n) is 11.0. The molecule has 0 fully saturated rings. The molecule has 19 heavy (non-hydrogen) atoms. The van der Waals surface area contributed by atoms with Crippen LogP contribution in [0.15, 0.2) is 23.4 Å². The number of sulfonamides is 1. The summed E-state index contributed by atoms with van der Waals surface area (Å²) in [4.78, 5) is 4.11. The van der Waals surface area contributed by atoms with E-state index in [1.54, 1.807) is 13.1 Å². The average Bonchev–Trinajstić information content (AvgIpc) is 2.70. The lowest BCUT2D eigenvalue weighted by Crippen LogP contribution is -2.24. The first kappa shape index (κ1) is 14.0. The van der Waals surface area contributed by atoms with Crippen molar-refractivity contribution in [2.24, 2.45) is 0 Å². The second-order valence-electron chi connectivity index (χ2n) is 4.51. The van der Waals surface area contributed by atoms with Gasteiger partial charge < -0.3 is 0 Å². The van der Waals surface area contributed by atoms with Crippen LogP contribution < -0.4 is 4.72 Å². The molecule has 0 aromatic carbocycles. The van der Waals surface area contributed by atoms with Gasteiger partial charge in [-0.1, -0.05) is 20.8 Å². The van der Waals surface area contributed by atoms with Gasteiger partial charge in [0.25, 0.3) is 10.0 Å². The molecule has 5 nitrogen and oxygen atoms in total. The Morgan fingerprint density at radius 3 is 2.74 bits per heavy atom. The van der Waals surface area contributed by atoms with Crippen molar-refractivity contribution < 1.29 is 12.8 Å². The van der Waals surface area contributed by atoms with Crippen molar-refractivity contribution in [1.82, 2.24) is 14.1 Å². The van der Waals surface area contributed by atoms with Crippen LogP contribution in [-0.4, -0.2) is 24.3 Å². The SMILES string of the molecule is CCNS(=O)(=O)c1nc(C(C)C)n2cccc(F)c12. The minimum absolute atomic E-state index is 0.00727. The smallest absolute Gasteiger partial charge is 0.260 e. The molecule has 1 N–H and O–H groups in total. The largest absolute Gasteiger partial charge is 0.300 e. The first-order valence-electron chi connectivity index (χ1n) is 6.04. The summed E-state index contributed by atoms with van der Waals surface area (Å²) in [7, 11) is -3.79. The van der Waals surface area contributed by atoms with Crippen molar-refractivity contribution in [2.45, 2.75) is 31.7 Å². The average molecular weight is 285 g/mol. The first-order chi connectivity index (χ1) is 8.88. The van der Waals surface area contributed by atoms with Crippen molar-refractivity contribution >= 4 is 15.5 Å². The molecule has 0 saturated carbocycles. The third-order valence-electron chi connectivity index (χ3n) is 2.72. The summed E-state index contributed by atoms with van der Waals surface area (Å²) in [6, 6.07) is 2.76. The number of hydrogen-bond acceptors (Lipinski definition) is 3. The maximum Gasteiger partial charge on any atom is 0.260 e. The number of hydrogen-bond donors (Lipinski definition) is 1. The maximum atomic E-state index is 13.9. The van der Waals surface area contributed by atoms with Crippen LogP contribution in [-0.2, 0) is 10.0 Å². The molecule has 0 bridgehead atoms. The molecule has 0 unspecified atom stereocenters. The number of aromatic nitrogens is 2. The summed E-state index contributed by atoms with van der Waals surface area (Å²) in [5, 5.41) is -0.254. The number of halogens is 1. The van der Waals surface area contributed by atoms with Crippen LogP contribution in [0.1, 0.15) is 32.5 Å². The highest BCUT2D eigenvalue weighted by atomic mass is 32.2. The van der Waals surface area contributed by atoms with E-state index < -0.39 is 15.8 Å². The van der Waals surface area contributed by atoms with Gasteiger partial charge in [0.05, 0.1) is 0 Å². The Hall–Kier alpha value is -1.47. The number of fused-ring (bicyclic) bond motifs is 1. The molecule has 0 amide bonds. The minimum Gasteiger partial charge on any atom is -0.300 e. The molecule has 104 valence electrons. The highest BCUT2D eigenvalue weighted by molar-refractivity contribution is 7.89. The second kappa shape index (κ2) is 4.90. The number of imidazole rings is 1. The molecule has 0 atom stereocenters. The van der Waals surface area contributed by atoms with Gasteiger partial charge in [0.2, 0.25) is 0 Å². The zero-order chi connectivity index (χ0) is 14.2. The molecule has 0 aliphatic heterocycles. The highest BCUT2D eigenvalue weighted by Crippen LogP contribution is 2.24. The van der Waals surface area contributed by atoms with Crippen LogP contribution in [0.4, 0.5) is 4.39 Å². The van der Waals surface area contributed by atoms with Gasteiger partial charge in [-0.3, -0.25) is 4.40 Å². The van der Waals surface area contributed by atoms with Crippen molar-refractivity contribution in [3.63, 3.8) is 0 Å². The zero-order valence-corrected chi connectivity index (χ0v) is 11.8. The third kappa shape index (κ3) is 2.35. The molecule has 0 radical (unpaired) electrons. The van der Waals surface area contributed by atoms with Crippen molar-refractivity contribution in [3.8, 4) is 0 Å². The fourth-order valence-electron chi connectivity index (χ4n) is 1.94. The summed E-state index contributed by atoms with van der Waals surface area (Å²) >= 11 is 0. The Kier molecular flexibility index (Phi) is 3.60. The molecule has 0 aliphatic rings. The standard InChI is InChI=1S/C12H16FN3O2S/c1-4-14-19(17,18)12-10-9(13)6-5-7-16(10)11(15-12)8(2)3/h5-8,14H,4H2,1-3H3. The topological polar surface area (TPSA) is 63.5 Å². The Morgan fingerprint density at radius 1 is 1.47 bits per heavy atom. The first-order valence-corrected chi connectivity index (χ1v) is 7.53. The molecule has 0 aliphatic carbocycles. The van der Waals surface area contributed by atoms with Gasteiger partial charge in [0, 0.05) is 18.7 Å². The number of rotatable bonds is 4. The van der Waals surface area contributed by atoms with E-state index in [-0.39, 0.29) is 23.0 Å². The van der Waals surface area contributed by atoms with Crippen LogP contribution in [0, 0.1) is 5.82 Å². The number of nitrogens with zero attached hydrogens (tertiary/aromatic N) is 2. The van der Waals surface area contributed by atoms with Gasteiger partial charge in [-0.05, 0) is 12.1 Å².